The molecule has 0 bridgehead atoms. The molecule has 12 heteroatoms. The minimum atomic E-state index is -0.838. The van der Waals surface area contributed by atoms with E-state index in [-0.39, 0.29) is 17.1 Å². The van der Waals surface area contributed by atoms with E-state index in [0.29, 0.717) is 45.9 Å². The number of pyridine rings is 1. The van der Waals surface area contributed by atoms with E-state index < -0.39 is 10.5 Å². The van der Waals surface area contributed by atoms with Crippen LogP contribution in [0.2, 0.25) is 10.0 Å². The molecule has 3 N–H and O–H groups in total. The number of anilines is 2. The summed E-state index contributed by atoms with van der Waals surface area (Å²) in [5.74, 6) is 0.129. The predicted octanol–water partition coefficient (Wildman–Crippen LogP) is 4.55. The number of nitrogens with zero attached hydrogens (tertiary/aromatic N) is 6. The van der Waals surface area contributed by atoms with E-state index in [0.717, 1.165) is 0 Å². The molecule has 0 spiro atoms. The molecule has 1 aliphatic heterocycles. The van der Waals surface area contributed by atoms with Crippen molar-refractivity contribution < 1.29 is 4.92 Å². The number of nitriles is 1. The van der Waals surface area contributed by atoms with Crippen LogP contribution in [0.4, 0.5) is 17.5 Å². The molecule has 1 aromatic carbocycles. The first-order valence-electron chi connectivity index (χ1n) is 9.94. The topological polar surface area (TPSA) is 156 Å². The zero-order valence-electron chi connectivity index (χ0n) is 17.4. The summed E-state index contributed by atoms with van der Waals surface area (Å²) in [5, 5.41) is 24.4. The summed E-state index contributed by atoms with van der Waals surface area (Å²) in [6, 6.07) is 9.93. The Balaban J connectivity index is 1.55. The summed E-state index contributed by atoms with van der Waals surface area (Å²) in [6.07, 6.45) is 7.13. The lowest BCUT2D eigenvalue weighted by Gasteiger charge is -2.24. The Kier molecular flexibility index (Phi) is 6.40. The number of halogens is 2. The number of benzene rings is 1. The fourth-order valence-electron chi connectivity index (χ4n) is 3.49. The van der Waals surface area contributed by atoms with Gasteiger partial charge in [-0.25, -0.2) is 15.0 Å². The Morgan fingerprint density at radius 1 is 1.21 bits per heavy atom. The first kappa shape index (κ1) is 23.1. The summed E-state index contributed by atoms with van der Waals surface area (Å²) in [4.78, 5) is 27.9. The average Bonchev–Trinajstić information content (AvgIpc) is 3.30. The number of hydrogen-bond donors (Lipinski definition) is 2. The lowest BCUT2D eigenvalue weighted by Crippen LogP contribution is -2.25. The summed E-state index contributed by atoms with van der Waals surface area (Å²) < 4.78 is 0. The highest BCUT2D eigenvalue weighted by Gasteiger charge is 2.33. The normalized spacial score (nSPS) is 16.4. The second kappa shape index (κ2) is 9.43. The van der Waals surface area contributed by atoms with E-state index in [9.17, 15) is 15.4 Å². The Hall–Kier alpha value is -4.07. The maximum atomic E-state index is 11.1. The van der Waals surface area contributed by atoms with Gasteiger partial charge in [0.2, 0.25) is 11.8 Å². The Morgan fingerprint density at radius 3 is 2.68 bits per heavy atom. The third-order valence-electron chi connectivity index (χ3n) is 5.20. The number of aliphatic imine (C=N–C) groups is 1. The van der Waals surface area contributed by atoms with Gasteiger partial charge in [0.15, 0.2) is 0 Å². The van der Waals surface area contributed by atoms with Gasteiger partial charge in [0.25, 0.3) is 0 Å². The maximum absolute atomic E-state index is 11.1. The molecule has 3 aromatic rings. The summed E-state index contributed by atoms with van der Waals surface area (Å²) in [7, 11) is 0. The zero-order chi connectivity index (χ0) is 24.3. The minimum Gasteiger partial charge on any atom is -0.378 e. The lowest BCUT2D eigenvalue weighted by atomic mass is 9.91. The molecule has 34 heavy (non-hydrogen) atoms. The molecule has 2 aromatic heterocycles. The summed E-state index contributed by atoms with van der Waals surface area (Å²) >= 11 is 12.1. The molecule has 1 aliphatic rings. The van der Waals surface area contributed by atoms with Crippen LogP contribution in [-0.2, 0) is 5.54 Å². The van der Waals surface area contributed by atoms with Gasteiger partial charge >= 0.3 is 5.69 Å². The SMILES string of the molecule is N#Cc1cnc(NCCC2(c3ccc([N+](=O)[O-])c(N)n3)C=CC=N2)nc1-c1ccc(Cl)c(Cl)c1. The molecule has 0 saturated carbocycles. The third kappa shape index (κ3) is 4.52. The molecular weight excluding hydrogens is 479 g/mol. The van der Waals surface area contributed by atoms with Crippen LogP contribution in [0.1, 0.15) is 17.7 Å². The molecule has 170 valence electrons. The molecular formula is C22H16Cl2N8O2. The molecule has 0 fully saturated rings. The number of nitro groups is 1. The van der Waals surface area contributed by atoms with Gasteiger partial charge in [-0.05, 0) is 36.8 Å². The van der Waals surface area contributed by atoms with Gasteiger partial charge in [0.1, 0.15) is 11.6 Å². The van der Waals surface area contributed by atoms with Crippen LogP contribution >= 0.6 is 23.2 Å². The number of nitrogens with two attached hydrogens (primary N) is 1. The van der Waals surface area contributed by atoms with Gasteiger partial charge in [-0.1, -0.05) is 29.3 Å². The molecule has 4 rings (SSSR count). The van der Waals surface area contributed by atoms with Crippen LogP contribution < -0.4 is 11.1 Å². The molecule has 1 unspecified atom stereocenters. The smallest absolute Gasteiger partial charge is 0.311 e. The molecule has 10 nitrogen and oxygen atoms in total. The van der Waals surface area contributed by atoms with Crippen molar-refractivity contribution in [3.8, 4) is 17.3 Å². The molecule has 3 heterocycles. The van der Waals surface area contributed by atoms with Crippen molar-refractivity contribution in [2.24, 2.45) is 4.99 Å². The van der Waals surface area contributed by atoms with Crippen LogP contribution in [0.15, 0.2) is 53.7 Å². The predicted molar refractivity (Wildman–Crippen MR) is 130 cm³/mol. The second-order valence-electron chi connectivity index (χ2n) is 7.29. The van der Waals surface area contributed by atoms with Gasteiger partial charge in [-0.15, -0.1) is 0 Å². The number of aromatic nitrogens is 3. The van der Waals surface area contributed by atoms with E-state index in [4.69, 9.17) is 28.9 Å². The van der Waals surface area contributed by atoms with Crippen LogP contribution in [0.3, 0.4) is 0 Å². The van der Waals surface area contributed by atoms with E-state index in [1.807, 2.05) is 6.08 Å². The van der Waals surface area contributed by atoms with E-state index in [2.05, 4.69) is 31.3 Å². The van der Waals surface area contributed by atoms with E-state index in [1.54, 1.807) is 36.6 Å². The number of nitrogens with one attached hydrogen (secondary N) is 1. The van der Waals surface area contributed by atoms with Gasteiger partial charge in [-0.2, -0.15) is 5.26 Å². The highest BCUT2D eigenvalue weighted by Crippen LogP contribution is 2.35. The molecule has 1 atom stereocenters. The van der Waals surface area contributed by atoms with Gasteiger partial charge in [-0.3, -0.25) is 15.1 Å². The highest BCUT2D eigenvalue weighted by atomic mass is 35.5. The largest absolute Gasteiger partial charge is 0.378 e. The number of nitrogen functional groups attached to an aromatic ring is 1. The van der Waals surface area contributed by atoms with Crippen LogP contribution in [0, 0.1) is 21.4 Å². The van der Waals surface area contributed by atoms with Crippen molar-refractivity contribution in [2.45, 2.75) is 12.0 Å². The van der Waals surface area contributed by atoms with Crippen molar-refractivity contribution in [1.29, 1.82) is 5.26 Å². The second-order valence-corrected chi connectivity index (χ2v) is 8.11. The van der Waals surface area contributed by atoms with Gasteiger partial charge in [0, 0.05) is 24.4 Å². The number of rotatable bonds is 7. The molecule has 0 saturated heterocycles. The summed E-state index contributed by atoms with van der Waals surface area (Å²) in [5.41, 5.74) is 6.49. The highest BCUT2D eigenvalue weighted by molar-refractivity contribution is 6.42. The van der Waals surface area contributed by atoms with Crippen molar-refractivity contribution in [1.82, 2.24) is 15.0 Å². The van der Waals surface area contributed by atoms with Crippen molar-refractivity contribution in [3.63, 3.8) is 0 Å². The fraction of sp³-hybridized carbons (Fsp3) is 0.136. The maximum Gasteiger partial charge on any atom is 0.311 e. The number of allylic oxidation sites excluding steroid dienone is 1. The number of hydrogen-bond acceptors (Lipinski definition) is 9. The van der Waals surface area contributed by atoms with Crippen molar-refractivity contribution in [2.75, 3.05) is 17.6 Å². The Bertz CT molecular complexity index is 1370. The zero-order valence-corrected chi connectivity index (χ0v) is 19.0. The Labute approximate surface area is 204 Å². The molecule has 0 radical (unpaired) electrons. The van der Waals surface area contributed by atoms with Crippen LogP contribution in [0.25, 0.3) is 11.3 Å². The monoisotopic (exact) mass is 494 g/mol. The van der Waals surface area contributed by atoms with Crippen molar-refractivity contribution in [3.05, 3.63) is 80.1 Å². The lowest BCUT2D eigenvalue weighted by molar-refractivity contribution is -0.384. The fourth-order valence-corrected chi connectivity index (χ4v) is 3.79. The average molecular weight is 495 g/mol. The molecule has 0 aliphatic carbocycles. The van der Waals surface area contributed by atoms with Crippen LogP contribution in [0.5, 0.6) is 0 Å². The first-order chi connectivity index (χ1) is 16.3. The van der Waals surface area contributed by atoms with E-state index >= 15 is 0 Å². The first-order valence-corrected chi connectivity index (χ1v) is 10.7. The minimum absolute atomic E-state index is 0.174. The quantitative estimate of drug-likeness (QED) is 0.357. The van der Waals surface area contributed by atoms with E-state index in [1.165, 1.54) is 12.3 Å². The van der Waals surface area contributed by atoms with Crippen molar-refractivity contribution >= 4 is 46.9 Å². The van der Waals surface area contributed by atoms with Crippen LogP contribution in [-0.4, -0.2) is 32.6 Å². The van der Waals surface area contributed by atoms with Gasteiger partial charge < -0.3 is 11.1 Å². The Morgan fingerprint density at radius 2 is 2.03 bits per heavy atom. The third-order valence-corrected chi connectivity index (χ3v) is 5.94. The van der Waals surface area contributed by atoms with Gasteiger partial charge in [0.05, 0.1) is 38.1 Å². The standard InChI is InChI=1S/C22H16Cl2N8O2/c23-15-3-2-13(10-16(15)24)19-14(11-25)12-28-21(31-19)27-9-7-22(6-1-8-29-22)18-5-4-17(32(33)34)20(26)30-18/h1-6,8,10,12H,7,9H2,(H2,26,30)(H,27,28,31). The summed E-state index contributed by atoms with van der Waals surface area (Å²) in [6.45, 7) is 0.382. The molecule has 0 amide bonds.